The molecule has 0 saturated heterocycles. The molecule has 0 amide bonds. The van der Waals surface area contributed by atoms with Gasteiger partial charge in [0.05, 0.1) is 0 Å². The zero-order valence-corrected chi connectivity index (χ0v) is 13.8. The Morgan fingerprint density at radius 3 is 2.94 bits per heavy atom. The monoisotopic (exact) mass is 353 g/mol. The van der Waals surface area contributed by atoms with Gasteiger partial charge in [0.15, 0.2) is 0 Å². The molecular weight excluding hydrogens is 338 g/mol. The lowest BCUT2D eigenvalue weighted by Crippen LogP contribution is -2.39. The first-order valence-electron chi connectivity index (χ1n) is 5.90. The average molecular weight is 355 g/mol. The highest BCUT2D eigenvalue weighted by atomic mass is 79.9. The summed E-state index contributed by atoms with van der Waals surface area (Å²) >= 11 is 13.2. The quantitative estimate of drug-likeness (QED) is 0.823. The zero-order chi connectivity index (χ0) is 12.3. The maximum Gasteiger partial charge on any atom is 0.107 e. The first-order valence-corrected chi connectivity index (χ1v) is 9.18. The summed E-state index contributed by atoms with van der Waals surface area (Å²) < 4.78 is 1.87. The highest BCUT2D eigenvalue weighted by Crippen LogP contribution is 2.32. The second-order valence-corrected chi connectivity index (χ2v) is 8.05. The van der Waals surface area contributed by atoms with E-state index < -0.39 is 0 Å². The van der Waals surface area contributed by atoms with E-state index in [0.29, 0.717) is 6.04 Å². The van der Waals surface area contributed by atoms with Crippen LogP contribution in [-0.4, -0.2) is 17.5 Å². The summed E-state index contributed by atoms with van der Waals surface area (Å²) in [6.45, 7) is 0.942. The van der Waals surface area contributed by atoms with E-state index in [1.54, 1.807) is 11.3 Å². The van der Waals surface area contributed by atoms with Gasteiger partial charge in [-0.3, -0.25) is 0 Å². The molecule has 2 atom stereocenters. The van der Waals surface area contributed by atoms with Crippen molar-refractivity contribution in [3.05, 3.63) is 19.8 Å². The van der Waals surface area contributed by atoms with Crippen molar-refractivity contribution in [1.82, 2.24) is 5.32 Å². The van der Waals surface area contributed by atoms with Crippen LogP contribution in [0.2, 0.25) is 4.34 Å². The van der Waals surface area contributed by atoms with Gasteiger partial charge in [0.25, 0.3) is 0 Å². The maximum atomic E-state index is 6.05. The molecule has 1 N–H and O–H groups in total. The molecular formula is C12H17BrClNS2. The fraction of sp³-hybridized carbons (Fsp3) is 0.667. The summed E-state index contributed by atoms with van der Waals surface area (Å²) in [4.78, 5) is 1.31. The average Bonchev–Trinajstić information content (AvgIpc) is 2.66. The van der Waals surface area contributed by atoms with Crippen molar-refractivity contribution in [3.8, 4) is 0 Å². The number of halogens is 2. The van der Waals surface area contributed by atoms with Crippen LogP contribution in [-0.2, 0) is 6.54 Å². The van der Waals surface area contributed by atoms with Crippen LogP contribution in [0, 0.1) is 0 Å². The Kier molecular flexibility index (Phi) is 5.68. The lowest BCUT2D eigenvalue weighted by atomic mass is 9.95. The topological polar surface area (TPSA) is 12.0 Å². The number of hydrogen-bond acceptors (Lipinski definition) is 3. The number of thiophene rings is 1. The minimum Gasteiger partial charge on any atom is -0.308 e. The summed E-state index contributed by atoms with van der Waals surface area (Å²) in [6.07, 6.45) is 7.65. The molecule has 96 valence electrons. The molecule has 2 unspecified atom stereocenters. The number of nitrogens with one attached hydrogen (secondary N) is 1. The van der Waals surface area contributed by atoms with Gasteiger partial charge in [0, 0.05) is 27.2 Å². The molecule has 0 aromatic carbocycles. The van der Waals surface area contributed by atoms with Crippen LogP contribution < -0.4 is 5.32 Å². The third-order valence-electron chi connectivity index (χ3n) is 3.24. The predicted molar refractivity (Wildman–Crippen MR) is 83.4 cm³/mol. The Morgan fingerprint density at radius 1 is 1.53 bits per heavy atom. The fourth-order valence-corrected chi connectivity index (χ4v) is 5.03. The number of thioether (sulfide) groups is 1. The predicted octanol–water partition coefficient (Wildman–Crippen LogP) is 4.93. The van der Waals surface area contributed by atoms with Crippen molar-refractivity contribution < 1.29 is 0 Å². The van der Waals surface area contributed by atoms with E-state index in [0.717, 1.165) is 20.6 Å². The van der Waals surface area contributed by atoms with Crippen molar-refractivity contribution in [2.24, 2.45) is 0 Å². The first-order chi connectivity index (χ1) is 8.20. The van der Waals surface area contributed by atoms with E-state index in [9.17, 15) is 0 Å². The van der Waals surface area contributed by atoms with E-state index in [1.807, 2.05) is 11.8 Å². The van der Waals surface area contributed by atoms with Crippen LogP contribution in [0.1, 0.15) is 30.6 Å². The first kappa shape index (κ1) is 14.2. The molecule has 0 bridgehead atoms. The van der Waals surface area contributed by atoms with Gasteiger partial charge in [-0.2, -0.15) is 11.8 Å². The number of rotatable bonds is 4. The molecule has 1 aromatic rings. The highest BCUT2D eigenvalue weighted by Gasteiger charge is 2.23. The summed E-state index contributed by atoms with van der Waals surface area (Å²) in [6, 6.07) is 2.79. The Labute approximate surface area is 125 Å². The molecule has 1 nitrogen and oxygen atoms in total. The SMILES string of the molecule is CSC1CCCCC1NCc1cc(Br)c(Cl)s1. The Bertz CT molecular complexity index is 350. The summed E-state index contributed by atoms with van der Waals surface area (Å²) in [5, 5.41) is 4.47. The second kappa shape index (κ2) is 6.80. The van der Waals surface area contributed by atoms with Gasteiger partial charge in [0.1, 0.15) is 4.34 Å². The Hall–Kier alpha value is 0.780. The van der Waals surface area contributed by atoms with Gasteiger partial charge in [-0.1, -0.05) is 24.4 Å². The zero-order valence-electron chi connectivity index (χ0n) is 9.84. The van der Waals surface area contributed by atoms with Gasteiger partial charge < -0.3 is 5.32 Å². The molecule has 0 spiro atoms. The molecule has 2 rings (SSSR count). The molecule has 5 heteroatoms. The van der Waals surface area contributed by atoms with Crippen LogP contribution >= 0.6 is 50.6 Å². The van der Waals surface area contributed by atoms with Crippen molar-refractivity contribution >= 4 is 50.6 Å². The molecule has 1 fully saturated rings. The van der Waals surface area contributed by atoms with Crippen molar-refractivity contribution in [2.45, 2.75) is 43.5 Å². The van der Waals surface area contributed by atoms with Gasteiger partial charge in [0.2, 0.25) is 0 Å². The normalized spacial score (nSPS) is 25.1. The van der Waals surface area contributed by atoms with Crippen LogP contribution in [0.4, 0.5) is 0 Å². The lowest BCUT2D eigenvalue weighted by molar-refractivity contribution is 0.384. The van der Waals surface area contributed by atoms with Crippen LogP contribution in [0.3, 0.4) is 0 Å². The van der Waals surface area contributed by atoms with Gasteiger partial charge in [-0.05, 0) is 41.1 Å². The molecule has 17 heavy (non-hydrogen) atoms. The van der Waals surface area contributed by atoms with Gasteiger partial charge >= 0.3 is 0 Å². The molecule has 0 aliphatic heterocycles. The van der Waals surface area contributed by atoms with Crippen LogP contribution in [0.25, 0.3) is 0 Å². The Balaban J connectivity index is 1.88. The van der Waals surface area contributed by atoms with E-state index in [-0.39, 0.29) is 0 Å². The lowest BCUT2D eigenvalue weighted by Gasteiger charge is -2.31. The fourth-order valence-electron chi connectivity index (χ4n) is 2.32. The standard InChI is InChI=1S/C12H17BrClNS2/c1-16-11-5-3-2-4-10(11)15-7-8-6-9(13)12(14)17-8/h6,10-11,15H,2-5,7H2,1H3. The summed E-state index contributed by atoms with van der Waals surface area (Å²) in [7, 11) is 0. The van der Waals surface area contributed by atoms with E-state index >= 15 is 0 Å². The highest BCUT2D eigenvalue weighted by molar-refractivity contribution is 9.10. The molecule has 1 heterocycles. The number of hydrogen-bond donors (Lipinski definition) is 1. The molecule has 1 aliphatic rings. The van der Waals surface area contributed by atoms with Gasteiger partial charge in [-0.25, -0.2) is 0 Å². The van der Waals surface area contributed by atoms with Crippen LogP contribution in [0.15, 0.2) is 10.5 Å². The minimum absolute atomic E-state index is 0.665. The molecule has 0 radical (unpaired) electrons. The van der Waals surface area contributed by atoms with E-state index in [1.165, 1.54) is 30.6 Å². The molecule has 1 aromatic heterocycles. The van der Waals surface area contributed by atoms with Crippen molar-refractivity contribution in [3.63, 3.8) is 0 Å². The van der Waals surface area contributed by atoms with Gasteiger partial charge in [-0.15, -0.1) is 11.3 Å². The van der Waals surface area contributed by atoms with Crippen LogP contribution in [0.5, 0.6) is 0 Å². The molecule has 1 saturated carbocycles. The van der Waals surface area contributed by atoms with Crippen molar-refractivity contribution in [1.29, 1.82) is 0 Å². The summed E-state index contributed by atoms with van der Waals surface area (Å²) in [5.74, 6) is 0. The van der Waals surface area contributed by atoms with Crippen molar-refractivity contribution in [2.75, 3.05) is 6.26 Å². The third-order valence-corrected chi connectivity index (χ3v) is 6.88. The van der Waals surface area contributed by atoms with E-state index in [4.69, 9.17) is 11.6 Å². The molecule has 1 aliphatic carbocycles. The smallest absolute Gasteiger partial charge is 0.107 e. The largest absolute Gasteiger partial charge is 0.308 e. The third kappa shape index (κ3) is 3.87. The summed E-state index contributed by atoms with van der Waals surface area (Å²) in [5.41, 5.74) is 0. The Morgan fingerprint density at radius 2 is 2.29 bits per heavy atom. The maximum absolute atomic E-state index is 6.05. The van der Waals surface area contributed by atoms with E-state index in [2.05, 4.69) is 33.6 Å². The minimum atomic E-state index is 0.665. The second-order valence-electron chi connectivity index (χ2n) is 4.38.